The van der Waals surface area contributed by atoms with Gasteiger partial charge in [-0.25, -0.2) is 0 Å². The molecule has 3 heteroatoms. The summed E-state index contributed by atoms with van der Waals surface area (Å²) in [6, 6.07) is 2.71. The molecule has 1 aliphatic heterocycles. The van der Waals surface area contributed by atoms with Crippen molar-refractivity contribution in [3.8, 4) is 0 Å². The van der Waals surface area contributed by atoms with Crippen LogP contribution < -0.4 is 10.6 Å². The molecular weight excluding hydrogens is 198 g/mol. The van der Waals surface area contributed by atoms with Crippen LogP contribution in [0.25, 0.3) is 0 Å². The maximum atomic E-state index is 5.77. The number of anilines is 1. The van der Waals surface area contributed by atoms with Gasteiger partial charge < -0.3 is 10.6 Å². The van der Waals surface area contributed by atoms with E-state index in [1.54, 1.807) is 0 Å². The number of rotatable bonds is 2. The minimum atomic E-state index is 0.570. The van der Waals surface area contributed by atoms with Gasteiger partial charge in [-0.3, -0.25) is 4.98 Å². The second-order valence-corrected chi connectivity index (χ2v) is 4.89. The van der Waals surface area contributed by atoms with Gasteiger partial charge in [-0.2, -0.15) is 0 Å². The summed E-state index contributed by atoms with van der Waals surface area (Å²) in [4.78, 5) is 6.63. The lowest BCUT2D eigenvalue weighted by Crippen LogP contribution is -2.41. The van der Waals surface area contributed by atoms with E-state index in [0.717, 1.165) is 18.0 Å². The number of piperidine rings is 1. The molecule has 16 heavy (non-hydrogen) atoms. The Morgan fingerprint density at radius 3 is 3.00 bits per heavy atom. The molecule has 0 amide bonds. The average molecular weight is 219 g/mol. The number of hydrogen-bond acceptors (Lipinski definition) is 3. The average Bonchev–Trinajstić information content (AvgIpc) is 2.32. The smallest absolute Gasteiger partial charge is 0.0445 e. The Morgan fingerprint density at radius 2 is 2.25 bits per heavy atom. The Labute approximate surface area is 97.7 Å². The first-order valence-electron chi connectivity index (χ1n) is 6.12. The van der Waals surface area contributed by atoms with Gasteiger partial charge in [0, 0.05) is 42.8 Å². The van der Waals surface area contributed by atoms with Crippen molar-refractivity contribution in [2.45, 2.75) is 39.3 Å². The number of nitrogens with two attached hydrogens (primary N) is 1. The van der Waals surface area contributed by atoms with Crippen molar-refractivity contribution in [2.24, 2.45) is 11.7 Å². The summed E-state index contributed by atoms with van der Waals surface area (Å²) >= 11 is 0. The Hall–Kier alpha value is -1.09. The van der Waals surface area contributed by atoms with Crippen LogP contribution in [0.15, 0.2) is 18.5 Å². The van der Waals surface area contributed by atoms with Crippen LogP contribution in [0.1, 0.15) is 32.3 Å². The zero-order chi connectivity index (χ0) is 11.5. The molecule has 0 aliphatic carbocycles. The summed E-state index contributed by atoms with van der Waals surface area (Å²) in [5.74, 6) is 0.773. The van der Waals surface area contributed by atoms with Gasteiger partial charge in [-0.15, -0.1) is 0 Å². The summed E-state index contributed by atoms with van der Waals surface area (Å²) in [5.41, 5.74) is 8.20. The van der Waals surface area contributed by atoms with Crippen molar-refractivity contribution in [2.75, 3.05) is 11.4 Å². The highest BCUT2D eigenvalue weighted by Crippen LogP contribution is 2.29. The fourth-order valence-electron chi connectivity index (χ4n) is 2.48. The Balaban J connectivity index is 2.27. The zero-order valence-corrected chi connectivity index (χ0v) is 10.2. The van der Waals surface area contributed by atoms with E-state index < -0.39 is 0 Å². The topological polar surface area (TPSA) is 42.2 Å². The van der Waals surface area contributed by atoms with Crippen molar-refractivity contribution >= 4 is 5.69 Å². The first kappa shape index (κ1) is 11.4. The van der Waals surface area contributed by atoms with Gasteiger partial charge >= 0.3 is 0 Å². The number of hydrogen-bond donors (Lipinski definition) is 1. The number of nitrogens with zero attached hydrogens (tertiary/aromatic N) is 2. The van der Waals surface area contributed by atoms with Crippen LogP contribution in [0.4, 0.5) is 5.69 Å². The van der Waals surface area contributed by atoms with E-state index in [1.165, 1.54) is 18.5 Å². The third-order valence-corrected chi connectivity index (χ3v) is 3.52. The molecule has 1 aromatic rings. The lowest BCUT2D eigenvalue weighted by Gasteiger charge is -2.39. The van der Waals surface area contributed by atoms with Crippen molar-refractivity contribution < 1.29 is 0 Å². The molecule has 88 valence electrons. The van der Waals surface area contributed by atoms with Gasteiger partial charge in [0.2, 0.25) is 0 Å². The van der Waals surface area contributed by atoms with Gasteiger partial charge in [0.05, 0.1) is 0 Å². The minimum absolute atomic E-state index is 0.570. The summed E-state index contributed by atoms with van der Waals surface area (Å²) in [5, 5.41) is 0. The number of aromatic nitrogens is 1. The van der Waals surface area contributed by atoms with E-state index in [9.17, 15) is 0 Å². The second kappa shape index (κ2) is 4.83. The third kappa shape index (κ3) is 2.19. The van der Waals surface area contributed by atoms with E-state index in [2.05, 4.69) is 29.8 Å². The standard InChI is InChI=1S/C13H21N3/c1-10-3-4-11(2)16(9-10)13-5-6-15-8-12(13)7-14/h5-6,8,10-11H,3-4,7,9,14H2,1-2H3. The van der Waals surface area contributed by atoms with Crippen LogP contribution in [0.2, 0.25) is 0 Å². The maximum Gasteiger partial charge on any atom is 0.0445 e. The molecule has 3 nitrogen and oxygen atoms in total. The van der Waals surface area contributed by atoms with E-state index in [1.807, 2.05) is 12.4 Å². The summed E-state index contributed by atoms with van der Waals surface area (Å²) in [6.07, 6.45) is 6.36. The lowest BCUT2D eigenvalue weighted by molar-refractivity contribution is 0.389. The Bertz CT molecular complexity index is 351. The van der Waals surface area contributed by atoms with Gasteiger partial charge in [-0.1, -0.05) is 6.92 Å². The van der Waals surface area contributed by atoms with Crippen LogP contribution in [-0.2, 0) is 6.54 Å². The molecule has 2 unspecified atom stereocenters. The molecule has 0 bridgehead atoms. The highest BCUT2D eigenvalue weighted by molar-refractivity contribution is 5.53. The zero-order valence-electron chi connectivity index (χ0n) is 10.2. The van der Waals surface area contributed by atoms with E-state index in [0.29, 0.717) is 12.6 Å². The molecule has 0 saturated carbocycles. The maximum absolute atomic E-state index is 5.77. The molecule has 1 saturated heterocycles. The second-order valence-electron chi connectivity index (χ2n) is 4.89. The van der Waals surface area contributed by atoms with Gasteiger partial charge in [0.25, 0.3) is 0 Å². The molecule has 0 spiro atoms. The predicted octanol–water partition coefficient (Wildman–Crippen LogP) is 2.17. The molecule has 1 aromatic heterocycles. The molecule has 2 N–H and O–H groups in total. The van der Waals surface area contributed by atoms with Crippen molar-refractivity contribution in [1.82, 2.24) is 4.98 Å². The van der Waals surface area contributed by atoms with E-state index in [4.69, 9.17) is 5.73 Å². The predicted molar refractivity (Wildman–Crippen MR) is 67.3 cm³/mol. The fourth-order valence-corrected chi connectivity index (χ4v) is 2.48. The molecule has 0 aromatic carbocycles. The molecule has 2 heterocycles. The van der Waals surface area contributed by atoms with Crippen LogP contribution >= 0.6 is 0 Å². The van der Waals surface area contributed by atoms with Crippen LogP contribution in [-0.4, -0.2) is 17.6 Å². The Morgan fingerprint density at radius 1 is 1.44 bits per heavy atom. The van der Waals surface area contributed by atoms with Crippen molar-refractivity contribution in [1.29, 1.82) is 0 Å². The highest BCUT2D eigenvalue weighted by Gasteiger charge is 2.24. The SMILES string of the molecule is CC1CCC(C)N(c2ccncc2CN)C1. The van der Waals surface area contributed by atoms with E-state index in [-0.39, 0.29) is 0 Å². The van der Waals surface area contributed by atoms with Crippen LogP contribution in [0, 0.1) is 5.92 Å². The quantitative estimate of drug-likeness (QED) is 0.829. The largest absolute Gasteiger partial charge is 0.368 e. The van der Waals surface area contributed by atoms with Gasteiger partial charge in [0.15, 0.2) is 0 Å². The summed E-state index contributed by atoms with van der Waals surface area (Å²) in [7, 11) is 0. The highest BCUT2D eigenvalue weighted by atomic mass is 15.2. The molecule has 1 fully saturated rings. The fraction of sp³-hybridized carbons (Fsp3) is 0.615. The third-order valence-electron chi connectivity index (χ3n) is 3.52. The number of pyridine rings is 1. The van der Waals surface area contributed by atoms with E-state index >= 15 is 0 Å². The van der Waals surface area contributed by atoms with Crippen LogP contribution in [0.5, 0.6) is 0 Å². The molecule has 2 atom stereocenters. The minimum Gasteiger partial charge on any atom is -0.368 e. The first-order chi connectivity index (χ1) is 7.72. The van der Waals surface area contributed by atoms with Gasteiger partial charge in [0.1, 0.15) is 0 Å². The summed E-state index contributed by atoms with van der Waals surface area (Å²) < 4.78 is 0. The van der Waals surface area contributed by atoms with Crippen molar-refractivity contribution in [3.05, 3.63) is 24.0 Å². The van der Waals surface area contributed by atoms with Crippen LogP contribution in [0.3, 0.4) is 0 Å². The normalized spacial score (nSPS) is 25.8. The first-order valence-corrected chi connectivity index (χ1v) is 6.12. The molecule has 0 radical (unpaired) electrons. The summed E-state index contributed by atoms with van der Waals surface area (Å²) in [6.45, 7) is 6.33. The molecule has 2 rings (SSSR count). The van der Waals surface area contributed by atoms with Gasteiger partial charge in [-0.05, 0) is 31.7 Å². The monoisotopic (exact) mass is 219 g/mol. The molecule has 1 aliphatic rings. The van der Waals surface area contributed by atoms with Crippen molar-refractivity contribution in [3.63, 3.8) is 0 Å². The Kier molecular flexibility index (Phi) is 3.44. The molecular formula is C13H21N3. The lowest BCUT2D eigenvalue weighted by atomic mass is 9.94.